The lowest BCUT2D eigenvalue weighted by molar-refractivity contribution is 0.498. The van der Waals surface area contributed by atoms with Crippen molar-refractivity contribution in [3.63, 3.8) is 0 Å². The second-order valence-corrected chi connectivity index (χ2v) is 5.62. The first-order valence-electron chi connectivity index (χ1n) is 4.77. The third-order valence-corrected chi connectivity index (χ3v) is 4.33. The van der Waals surface area contributed by atoms with Gasteiger partial charge in [-0.25, -0.2) is 0 Å². The van der Waals surface area contributed by atoms with Crippen molar-refractivity contribution in [2.24, 2.45) is 0 Å². The van der Waals surface area contributed by atoms with E-state index in [9.17, 15) is 0 Å². The fourth-order valence-corrected chi connectivity index (χ4v) is 2.93. The van der Waals surface area contributed by atoms with E-state index in [1.54, 1.807) is 0 Å². The van der Waals surface area contributed by atoms with Crippen molar-refractivity contribution in [3.8, 4) is 0 Å². The fourth-order valence-electron chi connectivity index (χ4n) is 1.30. The van der Waals surface area contributed by atoms with Crippen molar-refractivity contribution in [1.29, 1.82) is 0 Å². The number of halogens is 1. The fraction of sp³-hybridized carbons (Fsp3) is 0.167. The van der Waals surface area contributed by atoms with E-state index in [0.29, 0.717) is 0 Å². The number of hydrogen-bond acceptors (Lipinski definition) is 2. The first-order chi connectivity index (χ1) is 7.25. The summed E-state index contributed by atoms with van der Waals surface area (Å²) in [6, 6.07) is 10.5. The summed E-state index contributed by atoms with van der Waals surface area (Å²) in [4.78, 5) is 4.87. The summed E-state index contributed by atoms with van der Waals surface area (Å²) in [6.07, 6.45) is 4.49. The van der Waals surface area contributed by atoms with Gasteiger partial charge in [0.1, 0.15) is 0 Å². The van der Waals surface area contributed by atoms with Crippen molar-refractivity contribution in [2.75, 3.05) is 13.6 Å². The molecule has 1 heterocycles. The summed E-state index contributed by atoms with van der Waals surface area (Å²) in [5.74, 6) is 0. The summed E-state index contributed by atoms with van der Waals surface area (Å²) >= 11 is 4.20. The van der Waals surface area contributed by atoms with Gasteiger partial charge in [0.2, 0.25) is 0 Å². The minimum absolute atomic E-state index is 1.00. The summed E-state index contributed by atoms with van der Waals surface area (Å²) in [6.45, 7) is 1.00. The van der Waals surface area contributed by atoms with Gasteiger partial charge in [-0.1, -0.05) is 36.0 Å². The third-order valence-electron chi connectivity index (χ3n) is 2.17. The molecule has 1 nitrogen and oxygen atoms in total. The molecular formula is C12H12INS. The minimum atomic E-state index is 1.00. The quantitative estimate of drug-likeness (QED) is 0.598. The molecule has 1 aliphatic heterocycles. The third kappa shape index (κ3) is 3.01. The van der Waals surface area contributed by atoms with Gasteiger partial charge in [0.15, 0.2) is 0 Å². The molecule has 0 aromatic heterocycles. The smallest absolute Gasteiger partial charge is 0.0769 e. The zero-order valence-electron chi connectivity index (χ0n) is 8.48. The van der Waals surface area contributed by atoms with Gasteiger partial charge in [0.05, 0.1) is 3.70 Å². The molecule has 78 valence electrons. The first-order valence-corrected chi connectivity index (χ1v) is 6.66. The summed E-state index contributed by atoms with van der Waals surface area (Å²) in [5, 5.41) is 0. The van der Waals surface area contributed by atoms with E-state index in [-0.39, 0.29) is 0 Å². The molecule has 15 heavy (non-hydrogen) atoms. The Bertz CT molecular complexity index is 397. The van der Waals surface area contributed by atoms with Crippen molar-refractivity contribution >= 4 is 34.4 Å². The van der Waals surface area contributed by atoms with Crippen molar-refractivity contribution < 1.29 is 0 Å². The standard InChI is InChI=1S/C12H12INS/c1-14-8-7-11(9-12(14)13)15-10-5-3-2-4-6-10/h2-7,9H,8H2,1H3. The van der Waals surface area contributed by atoms with E-state index in [1.165, 1.54) is 13.5 Å². The second kappa shape index (κ2) is 5.07. The lowest BCUT2D eigenvalue weighted by Gasteiger charge is -2.21. The van der Waals surface area contributed by atoms with Gasteiger partial charge >= 0.3 is 0 Å². The molecule has 0 spiro atoms. The van der Waals surface area contributed by atoms with Crippen LogP contribution in [0.3, 0.4) is 0 Å². The van der Waals surface area contributed by atoms with Crippen LogP contribution in [0.5, 0.6) is 0 Å². The Morgan fingerprint density at radius 3 is 2.67 bits per heavy atom. The SMILES string of the molecule is CN1CC=C(Sc2ccccc2)C=C1I. The predicted octanol–water partition coefficient (Wildman–Crippen LogP) is 3.88. The molecule has 0 bridgehead atoms. The van der Waals surface area contributed by atoms with Gasteiger partial charge in [-0.3, -0.25) is 0 Å². The average Bonchev–Trinajstić information content (AvgIpc) is 2.25. The number of likely N-dealkylation sites (N-methyl/N-ethyl adjacent to an activating group) is 1. The Kier molecular flexibility index (Phi) is 3.75. The van der Waals surface area contributed by atoms with Crippen LogP contribution in [-0.2, 0) is 0 Å². The Hall–Kier alpha value is -0.420. The van der Waals surface area contributed by atoms with Crippen LogP contribution in [0.15, 0.2) is 56.0 Å². The number of benzene rings is 1. The van der Waals surface area contributed by atoms with Crippen LogP contribution >= 0.6 is 34.4 Å². The minimum Gasteiger partial charge on any atom is -0.366 e. The molecule has 0 radical (unpaired) electrons. The molecule has 0 aliphatic carbocycles. The van der Waals surface area contributed by atoms with Crippen LogP contribution < -0.4 is 0 Å². The van der Waals surface area contributed by atoms with Crippen molar-refractivity contribution in [2.45, 2.75) is 4.90 Å². The number of thioether (sulfide) groups is 1. The first kappa shape index (κ1) is 11.1. The van der Waals surface area contributed by atoms with Gasteiger partial charge in [-0.2, -0.15) is 0 Å². The van der Waals surface area contributed by atoms with Crippen LogP contribution in [-0.4, -0.2) is 18.5 Å². The van der Waals surface area contributed by atoms with E-state index < -0.39 is 0 Å². The lowest BCUT2D eigenvalue weighted by Crippen LogP contribution is -2.17. The van der Waals surface area contributed by atoms with E-state index in [2.05, 4.69) is 71.0 Å². The number of hydrogen-bond donors (Lipinski definition) is 0. The average molecular weight is 329 g/mol. The summed E-state index contributed by atoms with van der Waals surface area (Å²) < 4.78 is 1.30. The van der Waals surface area contributed by atoms with Crippen molar-refractivity contribution in [3.05, 3.63) is 51.1 Å². The zero-order chi connectivity index (χ0) is 10.7. The largest absolute Gasteiger partial charge is 0.366 e. The molecule has 0 amide bonds. The highest BCUT2D eigenvalue weighted by atomic mass is 127. The molecule has 0 fully saturated rings. The van der Waals surface area contributed by atoms with Gasteiger partial charge in [-0.15, -0.1) is 0 Å². The highest BCUT2D eigenvalue weighted by molar-refractivity contribution is 14.1. The number of allylic oxidation sites excluding steroid dienone is 1. The van der Waals surface area contributed by atoms with Crippen LogP contribution in [0.25, 0.3) is 0 Å². The van der Waals surface area contributed by atoms with Crippen LogP contribution in [0, 0.1) is 0 Å². The van der Waals surface area contributed by atoms with Gasteiger partial charge in [0, 0.05) is 23.4 Å². The lowest BCUT2D eigenvalue weighted by atomic mass is 10.4. The van der Waals surface area contributed by atoms with Gasteiger partial charge in [0.25, 0.3) is 0 Å². The maximum atomic E-state index is 2.37. The topological polar surface area (TPSA) is 3.24 Å². The number of rotatable bonds is 2. The highest BCUT2D eigenvalue weighted by Crippen LogP contribution is 2.31. The van der Waals surface area contributed by atoms with E-state index in [1.807, 2.05) is 17.8 Å². The predicted molar refractivity (Wildman–Crippen MR) is 75.1 cm³/mol. The van der Waals surface area contributed by atoms with Gasteiger partial charge in [-0.05, 0) is 40.8 Å². The number of nitrogens with zero attached hydrogens (tertiary/aromatic N) is 1. The second-order valence-electron chi connectivity index (χ2n) is 3.37. The Morgan fingerprint density at radius 1 is 1.27 bits per heavy atom. The highest BCUT2D eigenvalue weighted by Gasteiger charge is 2.08. The van der Waals surface area contributed by atoms with E-state index >= 15 is 0 Å². The summed E-state index contributed by atoms with van der Waals surface area (Å²) in [7, 11) is 2.11. The van der Waals surface area contributed by atoms with E-state index in [0.717, 1.165) is 6.54 Å². The summed E-state index contributed by atoms with van der Waals surface area (Å²) in [5.41, 5.74) is 0. The molecule has 0 saturated heterocycles. The molecule has 3 heteroatoms. The monoisotopic (exact) mass is 329 g/mol. The molecule has 0 unspecified atom stereocenters. The molecular weight excluding hydrogens is 317 g/mol. The zero-order valence-corrected chi connectivity index (χ0v) is 11.5. The molecule has 1 aromatic carbocycles. The van der Waals surface area contributed by atoms with Crippen molar-refractivity contribution in [1.82, 2.24) is 4.90 Å². The van der Waals surface area contributed by atoms with Gasteiger partial charge < -0.3 is 4.90 Å². The normalized spacial score (nSPS) is 16.0. The van der Waals surface area contributed by atoms with Crippen LogP contribution in [0.1, 0.15) is 0 Å². The molecule has 2 rings (SSSR count). The molecule has 0 saturated carbocycles. The van der Waals surface area contributed by atoms with Crippen LogP contribution in [0.4, 0.5) is 0 Å². The maximum Gasteiger partial charge on any atom is 0.0769 e. The Labute approximate surface area is 108 Å². The molecule has 0 N–H and O–H groups in total. The van der Waals surface area contributed by atoms with Crippen LogP contribution in [0.2, 0.25) is 0 Å². The Morgan fingerprint density at radius 2 is 2.00 bits per heavy atom. The molecule has 0 atom stereocenters. The maximum absolute atomic E-state index is 2.37. The molecule has 1 aliphatic rings. The molecule has 1 aromatic rings. The van der Waals surface area contributed by atoms with E-state index in [4.69, 9.17) is 0 Å². The Balaban J connectivity index is 2.09.